The molecule has 1 aromatic carbocycles. The van der Waals surface area contributed by atoms with Gasteiger partial charge in [0.25, 0.3) is 5.91 Å². The van der Waals surface area contributed by atoms with Crippen molar-refractivity contribution >= 4 is 34.8 Å². The summed E-state index contributed by atoms with van der Waals surface area (Å²) in [6.45, 7) is 6.49. The molecule has 9 heteroatoms. The first-order valence-electron chi connectivity index (χ1n) is 8.34. The van der Waals surface area contributed by atoms with Crippen LogP contribution in [0, 0.1) is 13.8 Å². The quantitative estimate of drug-likeness (QED) is 0.660. The summed E-state index contributed by atoms with van der Waals surface area (Å²) in [6, 6.07) is 5.01. The molecular weight excluding hydrogens is 389 g/mol. The lowest BCUT2D eigenvalue weighted by Crippen LogP contribution is -2.13. The summed E-state index contributed by atoms with van der Waals surface area (Å²) in [5, 5.41) is 12.4. The van der Waals surface area contributed by atoms with E-state index in [2.05, 4.69) is 15.5 Å². The summed E-state index contributed by atoms with van der Waals surface area (Å²) in [6.07, 6.45) is 3.25. The number of carbonyl (C=O) groups excluding carboxylic acids is 1. The Balaban J connectivity index is 1.73. The SMILES string of the molecule is CCn1cc(C(=O)Nc2c(C)nn(COc3ccc(Cl)cc3Cl)c2C)cn1. The standard InChI is InChI=1S/C18H19Cl2N5O2/c1-4-24-9-13(8-21-24)18(26)22-17-11(2)23-25(12(17)3)10-27-16-6-5-14(19)7-15(16)20/h5-9H,4,10H2,1-3H3,(H,22,26). The highest BCUT2D eigenvalue weighted by atomic mass is 35.5. The van der Waals surface area contributed by atoms with E-state index in [0.717, 1.165) is 5.69 Å². The highest BCUT2D eigenvalue weighted by Crippen LogP contribution is 2.28. The molecule has 3 aromatic rings. The van der Waals surface area contributed by atoms with Crippen molar-refractivity contribution in [3.8, 4) is 5.75 Å². The number of rotatable bonds is 6. The number of aromatic nitrogens is 4. The number of carbonyl (C=O) groups is 1. The molecule has 142 valence electrons. The Bertz CT molecular complexity index is 980. The monoisotopic (exact) mass is 407 g/mol. The molecule has 0 radical (unpaired) electrons. The van der Waals surface area contributed by atoms with Gasteiger partial charge in [-0.25, -0.2) is 4.68 Å². The summed E-state index contributed by atoms with van der Waals surface area (Å²) >= 11 is 12.0. The van der Waals surface area contributed by atoms with Crippen LogP contribution in [0.2, 0.25) is 10.0 Å². The van der Waals surface area contributed by atoms with E-state index in [-0.39, 0.29) is 12.6 Å². The van der Waals surface area contributed by atoms with Crippen LogP contribution in [0.5, 0.6) is 5.75 Å². The Morgan fingerprint density at radius 1 is 1.30 bits per heavy atom. The number of hydrogen-bond acceptors (Lipinski definition) is 4. The third-order valence-electron chi connectivity index (χ3n) is 4.08. The van der Waals surface area contributed by atoms with Crippen molar-refractivity contribution in [1.29, 1.82) is 0 Å². The minimum absolute atomic E-state index is 0.150. The van der Waals surface area contributed by atoms with Crippen LogP contribution in [0.25, 0.3) is 0 Å². The van der Waals surface area contributed by atoms with Gasteiger partial charge >= 0.3 is 0 Å². The van der Waals surface area contributed by atoms with Gasteiger partial charge in [0.15, 0.2) is 6.73 Å². The first-order chi connectivity index (χ1) is 12.9. The fraction of sp³-hybridized carbons (Fsp3) is 0.278. The molecular formula is C18H19Cl2N5O2. The molecule has 3 rings (SSSR count). The summed E-state index contributed by atoms with van der Waals surface area (Å²) < 4.78 is 9.07. The van der Waals surface area contributed by atoms with Crippen molar-refractivity contribution < 1.29 is 9.53 Å². The highest BCUT2D eigenvalue weighted by molar-refractivity contribution is 6.35. The minimum Gasteiger partial charge on any atom is -0.470 e. The van der Waals surface area contributed by atoms with Gasteiger partial charge in [-0.1, -0.05) is 23.2 Å². The normalized spacial score (nSPS) is 10.9. The fourth-order valence-electron chi connectivity index (χ4n) is 2.57. The van der Waals surface area contributed by atoms with Gasteiger partial charge in [-0.2, -0.15) is 10.2 Å². The van der Waals surface area contributed by atoms with E-state index in [1.807, 2.05) is 20.8 Å². The molecule has 2 heterocycles. The van der Waals surface area contributed by atoms with Crippen LogP contribution in [0.15, 0.2) is 30.6 Å². The van der Waals surface area contributed by atoms with Crippen LogP contribution in [0.3, 0.4) is 0 Å². The van der Waals surface area contributed by atoms with Crippen molar-refractivity contribution in [3.63, 3.8) is 0 Å². The van der Waals surface area contributed by atoms with E-state index in [4.69, 9.17) is 27.9 Å². The van der Waals surface area contributed by atoms with E-state index < -0.39 is 0 Å². The van der Waals surface area contributed by atoms with Gasteiger partial charge < -0.3 is 10.1 Å². The predicted octanol–water partition coefficient (Wildman–Crippen LogP) is 4.31. The van der Waals surface area contributed by atoms with Gasteiger partial charge in [0.1, 0.15) is 5.75 Å². The number of benzene rings is 1. The number of halogens is 2. The molecule has 0 aliphatic rings. The molecule has 1 N–H and O–H groups in total. The zero-order valence-electron chi connectivity index (χ0n) is 15.2. The molecule has 1 amide bonds. The smallest absolute Gasteiger partial charge is 0.258 e. The lowest BCUT2D eigenvalue weighted by atomic mass is 10.2. The zero-order valence-corrected chi connectivity index (χ0v) is 16.7. The molecule has 27 heavy (non-hydrogen) atoms. The van der Waals surface area contributed by atoms with Gasteiger partial charge in [-0.15, -0.1) is 0 Å². The lowest BCUT2D eigenvalue weighted by Gasteiger charge is -2.10. The molecule has 0 saturated carbocycles. The Hall–Kier alpha value is -2.51. The lowest BCUT2D eigenvalue weighted by molar-refractivity contribution is 0.102. The van der Waals surface area contributed by atoms with E-state index in [1.165, 1.54) is 0 Å². The highest BCUT2D eigenvalue weighted by Gasteiger charge is 2.17. The van der Waals surface area contributed by atoms with Crippen LogP contribution in [0.4, 0.5) is 5.69 Å². The van der Waals surface area contributed by atoms with E-state index >= 15 is 0 Å². The van der Waals surface area contributed by atoms with E-state index in [9.17, 15) is 4.79 Å². The largest absolute Gasteiger partial charge is 0.470 e. The molecule has 0 bridgehead atoms. The van der Waals surface area contributed by atoms with Crippen LogP contribution >= 0.6 is 23.2 Å². The maximum absolute atomic E-state index is 12.5. The number of anilines is 1. The van der Waals surface area contributed by atoms with Gasteiger partial charge in [-0.3, -0.25) is 9.48 Å². The van der Waals surface area contributed by atoms with E-state index in [0.29, 0.717) is 39.3 Å². The molecule has 0 unspecified atom stereocenters. The molecule has 2 aromatic heterocycles. The number of aryl methyl sites for hydroxylation is 2. The predicted molar refractivity (Wildman–Crippen MR) is 105 cm³/mol. The zero-order chi connectivity index (χ0) is 19.6. The first-order valence-corrected chi connectivity index (χ1v) is 9.10. The molecule has 0 spiro atoms. The summed E-state index contributed by atoms with van der Waals surface area (Å²) in [5.74, 6) is 0.272. The number of nitrogens with one attached hydrogen (secondary N) is 1. The van der Waals surface area contributed by atoms with Crippen molar-refractivity contribution in [2.24, 2.45) is 0 Å². The number of nitrogens with zero attached hydrogens (tertiary/aromatic N) is 4. The fourth-order valence-corrected chi connectivity index (χ4v) is 3.03. The van der Waals surface area contributed by atoms with Crippen LogP contribution in [-0.4, -0.2) is 25.5 Å². The van der Waals surface area contributed by atoms with Crippen molar-refractivity contribution in [2.45, 2.75) is 34.0 Å². The summed E-state index contributed by atoms with van der Waals surface area (Å²) in [7, 11) is 0. The number of amides is 1. The second kappa shape index (κ2) is 8.02. The maximum Gasteiger partial charge on any atom is 0.258 e. The van der Waals surface area contributed by atoms with Crippen LogP contribution in [-0.2, 0) is 13.3 Å². The summed E-state index contributed by atoms with van der Waals surface area (Å²) in [5.41, 5.74) is 2.60. The Labute approximate surface area is 166 Å². The van der Waals surface area contributed by atoms with E-state index in [1.54, 1.807) is 40.0 Å². The third kappa shape index (κ3) is 4.26. The minimum atomic E-state index is -0.234. The number of hydrogen-bond donors (Lipinski definition) is 1. The third-order valence-corrected chi connectivity index (χ3v) is 4.61. The number of ether oxygens (including phenoxy) is 1. The second-order valence-corrected chi connectivity index (χ2v) is 6.78. The van der Waals surface area contributed by atoms with Gasteiger partial charge in [0, 0.05) is 17.8 Å². The Morgan fingerprint density at radius 3 is 2.74 bits per heavy atom. The van der Waals surface area contributed by atoms with Gasteiger partial charge in [0.05, 0.1) is 33.9 Å². The van der Waals surface area contributed by atoms with Gasteiger partial charge in [0.2, 0.25) is 0 Å². The van der Waals surface area contributed by atoms with Crippen LogP contribution < -0.4 is 10.1 Å². The Kier molecular flexibility index (Phi) is 5.72. The second-order valence-electron chi connectivity index (χ2n) is 5.93. The Morgan fingerprint density at radius 2 is 2.07 bits per heavy atom. The average Bonchev–Trinajstić information content (AvgIpc) is 3.21. The molecule has 7 nitrogen and oxygen atoms in total. The van der Waals surface area contributed by atoms with Crippen molar-refractivity contribution in [2.75, 3.05) is 5.32 Å². The average molecular weight is 408 g/mol. The summed E-state index contributed by atoms with van der Waals surface area (Å²) in [4.78, 5) is 12.5. The van der Waals surface area contributed by atoms with Crippen LogP contribution in [0.1, 0.15) is 28.7 Å². The molecule has 0 fully saturated rings. The van der Waals surface area contributed by atoms with Crippen molar-refractivity contribution in [3.05, 3.63) is 57.6 Å². The van der Waals surface area contributed by atoms with Gasteiger partial charge in [-0.05, 0) is 39.0 Å². The molecule has 0 saturated heterocycles. The maximum atomic E-state index is 12.5. The molecule has 0 aliphatic carbocycles. The first kappa shape index (κ1) is 19.3. The van der Waals surface area contributed by atoms with Crippen molar-refractivity contribution in [1.82, 2.24) is 19.6 Å². The topological polar surface area (TPSA) is 74.0 Å². The molecule has 0 aliphatic heterocycles. The molecule has 0 atom stereocenters.